The molecule has 356 valence electrons. The third-order valence-corrected chi connectivity index (χ3v) is 13.4. The molecule has 2 aliphatic carbocycles. The number of nitrogens with two attached hydrogens (primary N) is 1. The van der Waals surface area contributed by atoms with Crippen molar-refractivity contribution in [2.45, 2.75) is 89.1 Å². The molecule has 0 unspecified atom stereocenters. The molecule has 0 aromatic carbocycles. The Hall–Kier alpha value is -5.86. The van der Waals surface area contributed by atoms with Crippen molar-refractivity contribution in [3.8, 4) is 11.5 Å². The van der Waals surface area contributed by atoms with Gasteiger partial charge in [0.05, 0.1) is 49.1 Å². The number of aromatic nitrogens is 4. The molecular weight excluding hydrogens is 895 g/mol. The van der Waals surface area contributed by atoms with E-state index in [1.807, 2.05) is 24.3 Å². The van der Waals surface area contributed by atoms with Gasteiger partial charge in [-0.2, -0.15) is 27.0 Å². The van der Waals surface area contributed by atoms with Crippen LogP contribution in [0, 0.1) is 11.8 Å². The molecule has 18 nitrogen and oxygen atoms in total. The molecule has 12 rings (SSSR count). The second kappa shape index (κ2) is 20.6. The van der Waals surface area contributed by atoms with Crippen LogP contribution in [-0.2, 0) is 12.8 Å². The number of ether oxygens (including phenoxy) is 2. The van der Waals surface area contributed by atoms with Crippen molar-refractivity contribution in [1.29, 1.82) is 0 Å². The zero-order chi connectivity index (χ0) is 44.6. The molecule has 67 heavy (non-hydrogen) atoms. The highest BCUT2D eigenvalue weighted by atomic mass is 32.1. The van der Waals surface area contributed by atoms with Crippen LogP contribution in [0.25, 0.3) is 0 Å². The van der Waals surface area contributed by atoms with Crippen LogP contribution in [0.15, 0.2) is 48.8 Å². The van der Waals surface area contributed by atoms with Gasteiger partial charge < -0.3 is 30.1 Å². The van der Waals surface area contributed by atoms with Crippen molar-refractivity contribution in [1.82, 2.24) is 19.9 Å². The number of rotatable bonds is 8. The molecule has 2 atom stereocenters. The highest BCUT2D eigenvalue weighted by Gasteiger charge is 2.42. The number of nitrogens with zero attached hydrogens (tertiary/aromatic N) is 8. The molecule has 4 aromatic heterocycles. The van der Waals surface area contributed by atoms with Gasteiger partial charge in [0.1, 0.15) is 28.8 Å². The average Bonchev–Trinajstić information content (AvgIpc) is 4.27. The normalized spacial score (nSPS) is 19.9. The number of anilines is 6. The number of fused-ring (bicyclic) bond motifs is 10. The van der Waals surface area contributed by atoms with Gasteiger partial charge in [-0.3, -0.25) is 25.2 Å². The molecule has 4 amide bonds. The summed E-state index contributed by atoms with van der Waals surface area (Å²) >= 11 is 0. The van der Waals surface area contributed by atoms with Gasteiger partial charge >= 0.3 is 18.0 Å². The standard InChI is InChI=1S/C24H27N5O3.C19H19N5O4.C4H9N.2H2S/c30-20(8-5-15-3-4-15)18-6-7-19-23(26-18)29(17-9-10-28(19)14-17)24(31)27-22-12-16-2-1-11-32-21(16)13-25-22;25-18(26)13-3-4-14-17(21-13)24(12-5-6-23(14)10-12)19(27)22-16-8-11-2-1-7-28-15(11)9-20-16;5-3-4-1-2-4;;/h6-7,12-13,15,17H,1-5,8-11,14H2,(H,25,27,31);3-4,8-9,12H,1-2,5-7,10H2,(H,25,26)(H,20,22,27);4H,1-3,5H2;2*1H2/t17-;12-;;;/m00.../s1. The highest BCUT2D eigenvalue weighted by Crippen LogP contribution is 2.41. The van der Waals surface area contributed by atoms with Crippen LogP contribution in [-0.4, -0.2) is 107 Å². The number of hydrogen-bond acceptors (Lipinski definition) is 13. The van der Waals surface area contributed by atoms with E-state index in [1.54, 1.807) is 28.3 Å². The Labute approximate surface area is 403 Å². The Morgan fingerprint density at radius 2 is 1.18 bits per heavy atom. The van der Waals surface area contributed by atoms with Crippen molar-refractivity contribution in [3.05, 3.63) is 71.3 Å². The van der Waals surface area contributed by atoms with E-state index < -0.39 is 5.97 Å². The van der Waals surface area contributed by atoms with Crippen LogP contribution in [0.5, 0.6) is 11.5 Å². The SMILES string of the molecule is NCC1CC1.O=C(CCC1CC1)c1ccc2c(n1)N(C(=O)Nc1cc3c(cn1)OCCC3)[C@H]1CCN2C1.O=C(O)c1ccc2c(n1)N(C(=O)Nc1cc3c(cn1)OCCC3)[C@H]1CCN2C1.S.S. The topological polar surface area (TPSA) is 222 Å². The molecule has 2 saturated carbocycles. The van der Waals surface area contributed by atoms with E-state index in [0.717, 1.165) is 111 Å². The van der Waals surface area contributed by atoms with Crippen molar-refractivity contribution < 1.29 is 33.8 Å². The number of aryl methyl sites for hydroxylation is 2. The lowest BCUT2D eigenvalue weighted by Gasteiger charge is -2.35. The number of hydrogen-bond donors (Lipinski definition) is 4. The van der Waals surface area contributed by atoms with Gasteiger partial charge in [-0.05, 0) is 124 Å². The summed E-state index contributed by atoms with van der Waals surface area (Å²) in [4.78, 5) is 75.9. The van der Waals surface area contributed by atoms with Crippen molar-refractivity contribution in [2.24, 2.45) is 17.6 Å². The fraction of sp³-hybridized carbons (Fsp3) is 0.489. The highest BCUT2D eigenvalue weighted by molar-refractivity contribution is 7.59. The molecule has 5 N–H and O–H groups in total. The number of carboxylic acid groups (broad SMARTS) is 1. The Bertz CT molecular complexity index is 2510. The number of amides is 4. The first-order valence-electron chi connectivity index (χ1n) is 23.1. The number of urea groups is 2. The van der Waals surface area contributed by atoms with E-state index in [2.05, 4.69) is 35.4 Å². The number of ketones is 1. The number of Topliss-reactive ketones (excluding diaryl/α,β-unsaturated/α-hetero) is 1. The zero-order valence-electron chi connectivity index (χ0n) is 37.4. The van der Waals surface area contributed by atoms with Gasteiger partial charge in [0.15, 0.2) is 23.1 Å². The van der Waals surface area contributed by atoms with E-state index in [-0.39, 0.29) is 62.6 Å². The number of carbonyl (C=O) groups is 4. The first-order chi connectivity index (χ1) is 31.7. The average molecular weight is 954 g/mol. The fourth-order valence-electron chi connectivity index (χ4n) is 9.43. The molecule has 4 bridgehead atoms. The van der Waals surface area contributed by atoms with E-state index >= 15 is 0 Å². The minimum Gasteiger partial charge on any atom is -0.492 e. The van der Waals surface area contributed by atoms with E-state index in [4.69, 9.17) is 20.2 Å². The number of carboxylic acids is 1. The minimum atomic E-state index is -1.12. The number of pyridine rings is 4. The van der Waals surface area contributed by atoms with Crippen LogP contribution in [0.4, 0.5) is 44.2 Å². The summed E-state index contributed by atoms with van der Waals surface area (Å²) in [7, 11) is 0. The Kier molecular flexibility index (Phi) is 14.6. The predicted molar refractivity (Wildman–Crippen MR) is 265 cm³/mol. The maximum absolute atomic E-state index is 13.4. The number of nitrogens with one attached hydrogen (secondary N) is 2. The summed E-state index contributed by atoms with van der Waals surface area (Å²) in [6.07, 6.45) is 15.4. The quantitative estimate of drug-likeness (QED) is 0.138. The molecule has 4 fully saturated rings. The van der Waals surface area contributed by atoms with Gasteiger partial charge in [-0.25, -0.2) is 34.3 Å². The molecule has 20 heteroatoms. The molecule has 6 aliphatic heterocycles. The van der Waals surface area contributed by atoms with Crippen LogP contribution < -0.4 is 45.4 Å². The van der Waals surface area contributed by atoms with Crippen LogP contribution in [0.1, 0.15) is 96.3 Å². The summed E-state index contributed by atoms with van der Waals surface area (Å²) in [5.74, 6) is 4.03. The molecule has 4 aromatic rings. The summed E-state index contributed by atoms with van der Waals surface area (Å²) < 4.78 is 11.2. The minimum absolute atomic E-state index is 0. The lowest BCUT2D eigenvalue weighted by molar-refractivity contribution is 0.0690. The smallest absolute Gasteiger partial charge is 0.354 e. The second-order valence-electron chi connectivity index (χ2n) is 18.1. The van der Waals surface area contributed by atoms with Gasteiger partial charge in [0, 0.05) is 32.6 Å². The largest absolute Gasteiger partial charge is 0.492 e. The molecule has 2 saturated heterocycles. The summed E-state index contributed by atoms with van der Waals surface area (Å²) in [5, 5.41) is 15.1. The van der Waals surface area contributed by atoms with E-state index in [0.29, 0.717) is 61.1 Å². The van der Waals surface area contributed by atoms with Gasteiger partial charge in [-0.15, -0.1) is 0 Å². The van der Waals surface area contributed by atoms with E-state index in [9.17, 15) is 24.3 Å². The number of carbonyl (C=O) groups excluding carboxylic acids is 3. The maximum atomic E-state index is 13.4. The third kappa shape index (κ3) is 10.5. The molecule has 8 aliphatic rings. The summed E-state index contributed by atoms with van der Waals surface area (Å²) in [6, 6.07) is 10.1. The lowest BCUT2D eigenvalue weighted by atomic mass is 10.1. The third-order valence-electron chi connectivity index (χ3n) is 13.4. The Balaban J connectivity index is 0.000000161. The van der Waals surface area contributed by atoms with Crippen molar-refractivity contribution in [3.63, 3.8) is 0 Å². The first kappa shape index (κ1) is 47.6. The van der Waals surface area contributed by atoms with Gasteiger partial charge in [-0.1, -0.05) is 12.8 Å². The first-order valence-corrected chi connectivity index (χ1v) is 23.1. The Morgan fingerprint density at radius 1 is 0.687 bits per heavy atom. The van der Waals surface area contributed by atoms with Crippen LogP contribution in [0.2, 0.25) is 0 Å². The van der Waals surface area contributed by atoms with Gasteiger partial charge in [0.2, 0.25) is 0 Å². The molecule has 0 radical (unpaired) electrons. The lowest BCUT2D eigenvalue weighted by Crippen LogP contribution is -2.48. The van der Waals surface area contributed by atoms with E-state index in [1.165, 1.54) is 31.7 Å². The number of aromatic carboxylic acids is 1. The zero-order valence-corrected chi connectivity index (χ0v) is 39.4. The van der Waals surface area contributed by atoms with Gasteiger partial charge in [0.25, 0.3) is 0 Å². The fourth-order valence-corrected chi connectivity index (χ4v) is 9.43. The molecule has 10 heterocycles. The molecule has 0 spiro atoms. The Morgan fingerprint density at radius 3 is 1.64 bits per heavy atom. The predicted octanol–water partition coefficient (Wildman–Crippen LogP) is 6.52. The molecular formula is C47H59N11O7S2. The van der Waals surface area contributed by atoms with Crippen molar-refractivity contribution in [2.75, 3.05) is 76.2 Å². The maximum Gasteiger partial charge on any atom is 0.354 e. The summed E-state index contributed by atoms with van der Waals surface area (Å²) in [6.45, 7) is 5.48. The van der Waals surface area contributed by atoms with Crippen LogP contribution >= 0.6 is 27.0 Å². The van der Waals surface area contributed by atoms with Crippen LogP contribution in [0.3, 0.4) is 0 Å². The van der Waals surface area contributed by atoms with Crippen molar-refractivity contribution >= 4 is 85.5 Å². The summed E-state index contributed by atoms with van der Waals surface area (Å²) in [5.41, 5.74) is 9.39. The monoisotopic (exact) mass is 953 g/mol. The second-order valence-corrected chi connectivity index (χ2v) is 18.1.